The summed E-state index contributed by atoms with van der Waals surface area (Å²) in [5.74, 6) is 0.770. The Bertz CT molecular complexity index is 1950. The second-order valence-electron chi connectivity index (χ2n) is 18.2. The summed E-state index contributed by atoms with van der Waals surface area (Å²) >= 11 is 0. The van der Waals surface area contributed by atoms with Gasteiger partial charge in [0.2, 0.25) is 5.95 Å². The molecule has 0 radical (unpaired) electrons. The molecule has 0 aliphatic carbocycles. The Morgan fingerprint density at radius 3 is 1.49 bits per heavy atom. The number of H-pyrrole nitrogens is 3. The Morgan fingerprint density at radius 2 is 1.07 bits per heavy atom. The van der Waals surface area contributed by atoms with E-state index in [-0.39, 0.29) is 29.3 Å². The van der Waals surface area contributed by atoms with Crippen LogP contribution in [0.2, 0.25) is 0 Å². The summed E-state index contributed by atoms with van der Waals surface area (Å²) in [6, 6.07) is 2.35. The van der Waals surface area contributed by atoms with Gasteiger partial charge in [0.25, 0.3) is 11.1 Å². The SMILES string of the molecule is CCCCCCCC/C=C\CCCCCCCCCC(=O)Cc1nc(C)cc(=O)[nH]1.CCCCCCCC/C=C\CCCCCCCCN.Cc1cc(=O)[nH]c(NC(=O)n2ccnc2)n1.c1c[nH]cn1. The Balaban J connectivity index is 0.000000523. The molecule has 0 atom stereocenters. The lowest BCUT2D eigenvalue weighted by Crippen LogP contribution is -2.22. The maximum absolute atomic E-state index is 12.0. The van der Waals surface area contributed by atoms with Crippen molar-refractivity contribution in [3.8, 4) is 0 Å². The molecule has 14 heteroatoms. The molecule has 70 heavy (non-hydrogen) atoms. The van der Waals surface area contributed by atoms with Gasteiger partial charge in [0.15, 0.2) is 0 Å². The Kier molecular flexibility index (Phi) is 41.4. The number of nitrogens with one attached hydrogen (secondary N) is 4. The molecule has 1 amide bonds. The van der Waals surface area contributed by atoms with Gasteiger partial charge in [0.1, 0.15) is 17.9 Å². The minimum absolute atomic E-state index is 0.115. The lowest BCUT2D eigenvalue weighted by molar-refractivity contribution is -0.118. The van der Waals surface area contributed by atoms with Gasteiger partial charge in [0, 0.05) is 54.7 Å². The topological polar surface area (TPSA) is 210 Å². The minimum Gasteiger partial charge on any atom is -0.351 e. The van der Waals surface area contributed by atoms with Crippen LogP contribution in [0, 0.1) is 13.8 Å². The average Bonchev–Trinajstić information content (AvgIpc) is 4.11. The van der Waals surface area contributed by atoms with Crippen LogP contribution in [-0.2, 0) is 11.2 Å². The zero-order chi connectivity index (χ0) is 51.0. The van der Waals surface area contributed by atoms with Crippen molar-refractivity contribution in [3.05, 3.63) is 112 Å². The molecule has 0 bridgehead atoms. The van der Waals surface area contributed by atoms with Crippen LogP contribution in [-0.4, -0.2) is 57.8 Å². The molecule has 4 heterocycles. The predicted molar refractivity (Wildman–Crippen MR) is 290 cm³/mol. The Labute approximate surface area is 421 Å². The number of amides is 1. The van der Waals surface area contributed by atoms with Crippen LogP contribution in [0.1, 0.15) is 224 Å². The van der Waals surface area contributed by atoms with Crippen molar-refractivity contribution in [2.75, 3.05) is 11.9 Å². The molecule has 392 valence electrons. The first kappa shape index (κ1) is 62.8. The number of imidazole rings is 2. The molecule has 0 saturated heterocycles. The third-order valence-corrected chi connectivity index (χ3v) is 11.5. The van der Waals surface area contributed by atoms with E-state index >= 15 is 0 Å². The highest BCUT2D eigenvalue weighted by Gasteiger charge is 2.08. The lowest BCUT2D eigenvalue weighted by atomic mass is 10.0. The fourth-order valence-corrected chi connectivity index (χ4v) is 7.54. The molecule has 0 aliphatic rings. The number of hydrogen-bond acceptors (Lipinski definition) is 9. The number of rotatable bonds is 35. The molecule has 4 aromatic heterocycles. The molecule has 4 aromatic rings. The summed E-state index contributed by atoms with van der Waals surface area (Å²) in [6.45, 7) is 8.85. The van der Waals surface area contributed by atoms with Gasteiger partial charge < -0.3 is 15.7 Å². The summed E-state index contributed by atoms with van der Waals surface area (Å²) in [4.78, 5) is 69.5. The van der Waals surface area contributed by atoms with Crippen LogP contribution < -0.4 is 22.2 Å². The number of aromatic amines is 3. The Morgan fingerprint density at radius 1 is 0.600 bits per heavy atom. The third kappa shape index (κ3) is 39.6. The van der Waals surface area contributed by atoms with E-state index in [9.17, 15) is 19.2 Å². The number of aromatic nitrogens is 8. The van der Waals surface area contributed by atoms with Gasteiger partial charge in [-0.05, 0) is 84.6 Å². The number of aryl methyl sites for hydroxylation is 2. The number of Topliss-reactive ketones (excluding diaryl/α,β-unsaturated/α-hetero) is 1. The van der Waals surface area contributed by atoms with Crippen molar-refractivity contribution in [1.29, 1.82) is 0 Å². The zero-order valence-electron chi connectivity index (χ0n) is 44.0. The fraction of sp³-hybridized carbons (Fsp3) is 0.643. The van der Waals surface area contributed by atoms with Crippen molar-refractivity contribution >= 4 is 17.8 Å². The van der Waals surface area contributed by atoms with Gasteiger partial charge in [-0.2, -0.15) is 0 Å². The number of carbonyl (C=O) groups excluding carboxylic acids is 2. The van der Waals surface area contributed by atoms with Gasteiger partial charge >= 0.3 is 6.03 Å². The summed E-state index contributed by atoms with van der Waals surface area (Å²) in [5.41, 5.74) is 6.17. The van der Waals surface area contributed by atoms with E-state index in [0.717, 1.165) is 19.4 Å². The second-order valence-corrected chi connectivity index (χ2v) is 18.2. The number of nitrogens with two attached hydrogens (primary N) is 1. The van der Waals surface area contributed by atoms with E-state index in [0.29, 0.717) is 23.6 Å². The summed E-state index contributed by atoms with van der Waals surface area (Å²) < 4.78 is 1.24. The molecule has 14 nitrogen and oxygen atoms in total. The van der Waals surface area contributed by atoms with E-state index in [1.165, 1.54) is 209 Å². The van der Waals surface area contributed by atoms with Crippen LogP contribution in [0.4, 0.5) is 10.7 Å². The summed E-state index contributed by atoms with van der Waals surface area (Å²) in [5, 5.41) is 2.44. The highest BCUT2D eigenvalue weighted by molar-refractivity contribution is 5.89. The van der Waals surface area contributed by atoms with Gasteiger partial charge in [0.05, 0.1) is 12.7 Å². The first-order chi connectivity index (χ1) is 34.2. The minimum atomic E-state index is -0.439. The van der Waals surface area contributed by atoms with Crippen molar-refractivity contribution in [2.45, 2.75) is 227 Å². The molecule has 0 aromatic carbocycles. The molecule has 0 fully saturated rings. The first-order valence-electron chi connectivity index (χ1n) is 27.1. The number of hydrogen-bond donors (Lipinski definition) is 5. The van der Waals surface area contributed by atoms with Gasteiger partial charge in [-0.25, -0.2) is 24.7 Å². The fourth-order valence-electron chi connectivity index (χ4n) is 7.54. The van der Waals surface area contributed by atoms with Crippen molar-refractivity contribution < 1.29 is 9.59 Å². The van der Waals surface area contributed by atoms with Crippen LogP contribution in [0.5, 0.6) is 0 Å². The van der Waals surface area contributed by atoms with Crippen molar-refractivity contribution in [2.24, 2.45) is 5.73 Å². The van der Waals surface area contributed by atoms with E-state index in [1.807, 2.05) is 0 Å². The first-order valence-corrected chi connectivity index (χ1v) is 27.1. The molecule has 0 saturated carbocycles. The number of ketones is 1. The average molecular weight is 971 g/mol. The van der Waals surface area contributed by atoms with Crippen LogP contribution in [0.15, 0.2) is 83.5 Å². The molecular weight excluding hydrogens is 877 g/mol. The zero-order valence-corrected chi connectivity index (χ0v) is 44.0. The summed E-state index contributed by atoms with van der Waals surface area (Å²) in [6.07, 6.45) is 58.0. The third-order valence-electron chi connectivity index (χ3n) is 11.5. The largest absolute Gasteiger partial charge is 0.351 e. The monoisotopic (exact) mass is 971 g/mol. The number of nitrogens with zero attached hydrogens (tertiary/aromatic N) is 5. The molecule has 0 spiro atoms. The number of allylic oxidation sites excluding steroid dienone is 4. The highest BCUT2D eigenvalue weighted by atomic mass is 16.2. The van der Waals surface area contributed by atoms with Crippen molar-refractivity contribution in [3.63, 3.8) is 0 Å². The normalized spacial score (nSPS) is 10.9. The maximum atomic E-state index is 12.0. The van der Waals surface area contributed by atoms with E-state index < -0.39 is 6.03 Å². The second kappa shape index (κ2) is 46.2. The molecule has 0 unspecified atom stereocenters. The molecule has 0 aliphatic heterocycles. The molecular formula is C56H94N10O4. The standard InChI is InChI=1S/C26H44N2O2.C18H37N.C9H9N5O2.C3H4N2/c1-3-4-5-6-7-8-9-10-11-12-13-14-15-16-17-18-19-20-24(29)22-25-27-23(2)21-26(30)28-25;1-2-3-4-5-6-7-8-9-10-11-12-13-14-15-16-17-18-19;1-6-4-7(15)12-8(11-6)13-9(16)14-3-2-10-5-14;1-2-5-3-4-1/h10-11,21H,3-9,12-20,22H2,1-2H3,(H,27,28,30);9-10H,2-8,11-19H2,1H3;2-5H,1H3,(H2,11,12,13,15,16);1-3H,(H,4,5)/b11-10-;10-9-;;. The van der Waals surface area contributed by atoms with Crippen LogP contribution >= 0.6 is 0 Å². The summed E-state index contributed by atoms with van der Waals surface area (Å²) in [7, 11) is 0. The van der Waals surface area contributed by atoms with Gasteiger partial charge in [-0.1, -0.05) is 160 Å². The van der Waals surface area contributed by atoms with E-state index in [4.69, 9.17) is 5.73 Å². The lowest BCUT2D eigenvalue weighted by Gasteiger charge is -2.04. The number of carbonyl (C=O) groups is 2. The maximum Gasteiger partial charge on any atom is 0.333 e. The molecule has 4 rings (SSSR count). The van der Waals surface area contributed by atoms with Crippen LogP contribution in [0.3, 0.4) is 0 Å². The van der Waals surface area contributed by atoms with Gasteiger partial charge in [-0.3, -0.25) is 29.3 Å². The number of unbranched alkanes of at least 4 members (excludes halogenated alkanes) is 25. The van der Waals surface area contributed by atoms with E-state index in [2.05, 4.69) is 78.4 Å². The van der Waals surface area contributed by atoms with E-state index in [1.54, 1.807) is 32.6 Å². The quantitative estimate of drug-likeness (QED) is 0.0219. The Hall–Kier alpha value is -5.24. The number of anilines is 1. The molecule has 6 N–H and O–H groups in total. The predicted octanol–water partition coefficient (Wildman–Crippen LogP) is 13.8. The van der Waals surface area contributed by atoms with Gasteiger partial charge in [-0.15, -0.1) is 0 Å². The smallest absolute Gasteiger partial charge is 0.333 e. The highest BCUT2D eigenvalue weighted by Crippen LogP contribution is 2.13. The van der Waals surface area contributed by atoms with Crippen LogP contribution in [0.25, 0.3) is 0 Å². The van der Waals surface area contributed by atoms with Crippen molar-refractivity contribution in [1.82, 2.24) is 39.5 Å².